The highest BCUT2D eigenvalue weighted by molar-refractivity contribution is 6.39. The van der Waals surface area contributed by atoms with E-state index in [-0.39, 0.29) is 11.9 Å². The van der Waals surface area contributed by atoms with Crippen molar-refractivity contribution in [3.05, 3.63) is 64.2 Å². The SMILES string of the molecule is Cc1ccc(C2CC(C(=O)NN3CCCC3)=NN2c2ccc(Cl)cc2C)cc1. The molecule has 1 fully saturated rings. The van der Waals surface area contributed by atoms with E-state index >= 15 is 0 Å². The maximum Gasteiger partial charge on any atom is 0.281 e. The number of hydrazine groups is 1. The lowest BCUT2D eigenvalue weighted by molar-refractivity contribution is -0.119. The molecule has 1 amide bonds. The maximum atomic E-state index is 12.8. The monoisotopic (exact) mass is 396 g/mol. The fourth-order valence-corrected chi connectivity index (χ4v) is 4.06. The summed E-state index contributed by atoms with van der Waals surface area (Å²) in [4.78, 5) is 12.8. The van der Waals surface area contributed by atoms with E-state index in [0.29, 0.717) is 17.2 Å². The van der Waals surface area contributed by atoms with Gasteiger partial charge in [-0.3, -0.25) is 15.2 Å². The summed E-state index contributed by atoms with van der Waals surface area (Å²) in [5.74, 6) is -0.104. The van der Waals surface area contributed by atoms with Crippen molar-refractivity contribution in [1.82, 2.24) is 10.4 Å². The minimum atomic E-state index is -0.104. The number of carbonyl (C=O) groups excluding carboxylic acids is 1. The van der Waals surface area contributed by atoms with Crippen LogP contribution >= 0.6 is 11.6 Å². The van der Waals surface area contributed by atoms with E-state index in [1.54, 1.807) is 0 Å². The van der Waals surface area contributed by atoms with Gasteiger partial charge in [-0.2, -0.15) is 5.10 Å². The van der Waals surface area contributed by atoms with Gasteiger partial charge < -0.3 is 0 Å². The van der Waals surface area contributed by atoms with Crippen molar-refractivity contribution in [3.63, 3.8) is 0 Å². The minimum absolute atomic E-state index is 0.0141. The van der Waals surface area contributed by atoms with Crippen LogP contribution in [0.25, 0.3) is 0 Å². The van der Waals surface area contributed by atoms with Crippen molar-refractivity contribution >= 4 is 28.9 Å². The lowest BCUT2D eigenvalue weighted by Gasteiger charge is -2.25. The second-order valence-corrected chi connectivity index (χ2v) is 8.02. The molecular weight excluding hydrogens is 372 g/mol. The van der Waals surface area contributed by atoms with Crippen LogP contribution < -0.4 is 10.4 Å². The van der Waals surface area contributed by atoms with Crippen molar-refractivity contribution in [3.8, 4) is 0 Å². The molecule has 28 heavy (non-hydrogen) atoms. The zero-order valence-corrected chi connectivity index (χ0v) is 17.0. The number of nitrogens with one attached hydrogen (secondary N) is 1. The van der Waals surface area contributed by atoms with Gasteiger partial charge in [-0.05, 0) is 56.0 Å². The Kier molecular flexibility index (Phi) is 5.38. The zero-order valence-electron chi connectivity index (χ0n) is 16.3. The van der Waals surface area contributed by atoms with Crippen LogP contribution in [0.4, 0.5) is 5.69 Å². The molecule has 2 aliphatic rings. The first-order valence-corrected chi connectivity index (χ1v) is 10.1. The Hall–Kier alpha value is -2.37. The van der Waals surface area contributed by atoms with Crippen molar-refractivity contribution in [1.29, 1.82) is 0 Å². The molecule has 4 rings (SSSR count). The molecule has 1 saturated heterocycles. The highest BCUT2D eigenvalue weighted by Crippen LogP contribution is 2.37. The molecule has 0 radical (unpaired) electrons. The molecule has 1 N–H and O–H groups in total. The molecule has 5 nitrogen and oxygen atoms in total. The summed E-state index contributed by atoms with van der Waals surface area (Å²) < 4.78 is 0. The summed E-state index contributed by atoms with van der Waals surface area (Å²) in [6, 6.07) is 14.2. The predicted molar refractivity (Wildman–Crippen MR) is 114 cm³/mol. The average molecular weight is 397 g/mol. The molecule has 0 spiro atoms. The highest BCUT2D eigenvalue weighted by Gasteiger charge is 2.33. The second-order valence-electron chi connectivity index (χ2n) is 7.59. The zero-order chi connectivity index (χ0) is 19.7. The normalized spacial score (nSPS) is 19.8. The van der Waals surface area contributed by atoms with Gasteiger partial charge in [0.1, 0.15) is 5.71 Å². The third kappa shape index (κ3) is 3.91. The Bertz CT molecular complexity index is 903. The number of halogens is 1. The van der Waals surface area contributed by atoms with Gasteiger partial charge in [-0.15, -0.1) is 0 Å². The first-order valence-electron chi connectivity index (χ1n) is 9.76. The summed E-state index contributed by atoms with van der Waals surface area (Å²) in [5.41, 5.74) is 7.94. The molecule has 2 heterocycles. The van der Waals surface area contributed by atoms with Crippen LogP contribution in [0, 0.1) is 13.8 Å². The molecule has 2 aliphatic heterocycles. The van der Waals surface area contributed by atoms with Crippen LogP contribution in [0.2, 0.25) is 5.02 Å². The Morgan fingerprint density at radius 2 is 1.82 bits per heavy atom. The molecular formula is C22H25ClN4O. The molecule has 0 aromatic heterocycles. The molecule has 146 valence electrons. The van der Waals surface area contributed by atoms with Crippen molar-refractivity contribution in [2.24, 2.45) is 5.10 Å². The van der Waals surface area contributed by atoms with Gasteiger partial charge in [-0.1, -0.05) is 41.4 Å². The number of nitrogens with zero attached hydrogens (tertiary/aromatic N) is 3. The minimum Gasteiger partial charge on any atom is -0.284 e. The number of hydrogen-bond acceptors (Lipinski definition) is 4. The summed E-state index contributed by atoms with van der Waals surface area (Å²) in [5, 5.41) is 9.39. The van der Waals surface area contributed by atoms with Crippen LogP contribution in [-0.2, 0) is 4.79 Å². The Labute approximate surface area is 170 Å². The number of carbonyl (C=O) groups is 1. The van der Waals surface area contributed by atoms with Gasteiger partial charge in [0.2, 0.25) is 0 Å². The topological polar surface area (TPSA) is 47.9 Å². The van der Waals surface area contributed by atoms with E-state index in [2.05, 4.69) is 36.6 Å². The van der Waals surface area contributed by atoms with Gasteiger partial charge in [-0.25, -0.2) is 5.01 Å². The first-order chi connectivity index (χ1) is 13.5. The lowest BCUT2D eigenvalue weighted by Crippen LogP contribution is -2.43. The molecule has 6 heteroatoms. The molecule has 1 atom stereocenters. The van der Waals surface area contributed by atoms with Gasteiger partial charge in [0.15, 0.2) is 0 Å². The van der Waals surface area contributed by atoms with E-state index in [9.17, 15) is 4.79 Å². The molecule has 0 bridgehead atoms. The quantitative estimate of drug-likeness (QED) is 0.833. The van der Waals surface area contributed by atoms with Crippen LogP contribution in [0.3, 0.4) is 0 Å². The first kappa shape index (κ1) is 19.0. The summed E-state index contributed by atoms with van der Waals surface area (Å²) in [6.07, 6.45) is 2.81. The number of aryl methyl sites for hydroxylation is 2. The fraction of sp³-hybridized carbons (Fsp3) is 0.364. The van der Waals surface area contributed by atoms with Gasteiger partial charge in [0, 0.05) is 24.5 Å². The number of rotatable bonds is 4. The largest absolute Gasteiger partial charge is 0.284 e. The highest BCUT2D eigenvalue weighted by atomic mass is 35.5. The Morgan fingerprint density at radius 3 is 2.50 bits per heavy atom. The average Bonchev–Trinajstić information content (AvgIpc) is 3.32. The predicted octanol–water partition coefficient (Wildman–Crippen LogP) is 4.39. The van der Waals surface area contributed by atoms with E-state index in [0.717, 1.165) is 42.7 Å². The van der Waals surface area contributed by atoms with Crippen molar-refractivity contribution in [2.45, 2.75) is 39.2 Å². The van der Waals surface area contributed by atoms with Gasteiger partial charge in [0.05, 0.1) is 11.7 Å². The van der Waals surface area contributed by atoms with Crippen LogP contribution in [0.15, 0.2) is 47.6 Å². The van der Waals surface area contributed by atoms with E-state index in [1.807, 2.05) is 35.1 Å². The number of amides is 1. The van der Waals surface area contributed by atoms with Gasteiger partial charge >= 0.3 is 0 Å². The van der Waals surface area contributed by atoms with Crippen molar-refractivity contribution in [2.75, 3.05) is 18.1 Å². The maximum absolute atomic E-state index is 12.8. The van der Waals surface area contributed by atoms with Crippen LogP contribution in [-0.4, -0.2) is 29.7 Å². The number of hydrogen-bond donors (Lipinski definition) is 1. The summed E-state index contributed by atoms with van der Waals surface area (Å²) in [7, 11) is 0. The Balaban J connectivity index is 1.65. The van der Waals surface area contributed by atoms with Gasteiger partial charge in [0.25, 0.3) is 5.91 Å². The molecule has 2 aromatic rings. The van der Waals surface area contributed by atoms with Crippen LogP contribution in [0.1, 0.15) is 42.0 Å². The summed E-state index contributed by atoms with van der Waals surface area (Å²) in [6.45, 7) is 5.90. The van der Waals surface area contributed by atoms with Crippen LogP contribution in [0.5, 0.6) is 0 Å². The smallest absolute Gasteiger partial charge is 0.281 e. The van der Waals surface area contributed by atoms with Crippen molar-refractivity contribution < 1.29 is 4.79 Å². The van der Waals surface area contributed by atoms with E-state index in [4.69, 9.17) is 16.7 Å². The fourth-order valence-electron chi connectivity index (χ4n) is 3.83. The lowest BCUT2D eigenvalue weighted by atomic mass is 9.99. The number of anilines is 1. The molecule has 0 saturated carbocycles. The summed E-state index contributed by atoms with van der Waals surface area (Å²) >= 11 is 6.14. The Morgan fingerprint density at radius 1 is 1.11 bits per heavy atom. The standard InChI is InChI=1S/C22H25ClN4O/c1-15-5-7-17(8-6-15)21-14-19(22(28)25-26-11-3-4-12-26)24-27(21)20-10-9-18(23)13-16(20)2/h5-10,13,21H,3-4,11-12,14H2,1-2H3,(H,25,28). The third-order valence-corrected chi connectivity index (χ3v) is 5.64. The number of hydrazone groups is 1. The van der Waals surface area contributed by atoms with E-state index in [1.165, 1.54) is 5.56 Å². The second kappa shape index (κ2) is 7.94. The number of benzene rings is 2. The molecule has 0 aliphatic carbocycles. The molecule has 1 unspecified atom stereocenters. The van der Waals surface area contributed by atoms with E-state index < -0.39 is 0 Å². The molecule has 2 aromatic carbocycles. The third-order valence-electron chi connectivity index (χ3n) is 5.41.